The zero-order chi connectivity index (χ0) is 28.7. The number of nitrogens with one attached hydrogen (secondary N) is 1. The van der Waals surface area contributed by atoms with Crippen molar-refractivity contribution in [2.75, 3.05) is 49.6 Å². The van der Waals surface area contributed by atoms with E-state index in [1.807, 2.05) is 19.1 Å². The molecule has 2 saturated heterocycles. The van der Waals surface area contributed by atoms with Crippen molar-refractivity contribution >= 4 is 17.3 Å². The van der Waals surface area contributed by atoms with Gasteiger partial charge in [-0.1, -0.05) is 6.07 Å². The Bertz CT molecular complexity index is 1470. The number of rotatable bonds is 9. The van der Waals surface area contributed by atoms with Gasteiger partial charge in [0, 0.05) is 61.6 Å². The number of hydrogen-bond acceptors (Lipinski definition) is 11. The Morgan fingerprint density at radius 1 is 1.02 bits per heavy atom. The second-order valence-electron chi connectivity index (χ2n) is 10.6. The lowest BCUT2D eigenvalue weighted by atomic mass is 10.0. The number of hydrogen-bond donors (Lipinski definition) is 1. The minimum atomic E-state index is -0.244. The normalized spacial score (nSPS) is 17.0. The molecular weight excluding hydrogens is 532 g/mol. The minimum Gasteiger partial charge on any atom is -0.487 e. The number of tetrazole rings is 1. The number of anilines is 3. The molecule has 6 rings (SSSR count). The summed E-state index contributed by atoms with van der Waals surface area (Å²) in [6, 6.07) is 16.8. The molecule has 1 atom stereocenters. The maximum atomic E-state index is 9.57. The van der Waals surface area contributed by atoms with Crippen LogP contribution in [0.15, 0.2) is 61.2 Å². The molecule has 0 bridgehead atoms. The van der Waals surface area contributed by atoms with Crippen LogP contribution in [0.4, 0.5) is 17.3 Å². The molecule has 1 N–H and O–H groups in total. The Morgan fingerprint density at radius 3 is 2.48 bits per heavy atom. The van der Waals surface area contributed by atoms with E-state index in [1.54, 1.807) is 23.1 Å². The molecule has 0 unspecified atom stereocenters. The molecule has 12 heteroatoms. The van der Waals surface area contributed by atoms with Crippen LogP contribution in [0.3, 0.4) is 0 Å². The fraction of sp³-hybridized carbons (Fsp3) is 0.400. The van der Waals surface area contributed by atoms with Gasteiger partial charge in [-0.2, -0.15) is 5.26 Å². The summed E-state index contributed by atoms with van der Waals surface area (Å²) in [4.78, 5) is 14.1. The van der Waals surface area contributed by atoms with Crippen LogP contribution in [0.25, 0.3) is 11.1 Å². The highest BCUT2D eigenvalue weighted by molar-refractivity contribution is 5.67. The molecule has 2 aliphatic rings. The number of nitrogens with zero attached hydrogens (tertiary/aromatic N) is 9. The number of nitriles is 1. The smallest absolute Gasteiger partial charge is 0.227 e. The van der Waals surface area contributed by atoms with Crippen LogP contribution in [-0.2, 0) is 11.3 Å². The summed E-state index contributed by atoms with van der Waals surface area (Å²) in [6.45, 7) is 8.33. The highest BCUT2D eigenvalue weighted by Gasteiger charge is 2.26. The first-order valence-corrected chi connectivity index (χ1v) is 14.3. The SMILES string of the molecule is C[C@@H](Cn1cnnn1)Oc1cc(-c2cnc(Nc3ccc(N4CCC(N5CCOCC5)CC4)cc3)nc2)ccc1C#N. The van der Waals surface area contributed by atoms with E-state index in [2.05, 4.69) is 70.9 Å². The largest absolute Gasteiger partial charge is 0.487 e. The Balaban J connectivity index is 1.05. The number of morpholine rings is 1. The van der Waals surface area contributed by atoms with E-state index >= 15 is 0 Å². The van der Waals surface area contributed by atoms with Gasteiger partial charge in [0.25, 0.3) is 0 Å². The summed E-state index contributed by atoms with van der Waals surface area (Å²) in [5, 5.41) is 24.0. The van der Waals surface area contributed by atoms with Crippen LogP contribution in [0, 0.1) is 11.3 Å². The molecule has 2 aromatic heterocycles. The van der Waals surface area contributed by atoms with Crippen molar-refractivity contribution in [2.24, 2.45) is 0 Å². The van der Waals surface area contributed by atoms with Crippen molar-refractivity contribution < 1.29 is 9.47 Å². The van der Waals surface area contributed by atoms with Crippen molar-refractivity contribution in [3.63, 3.8) is 0 Å². The van der Waals surface area contributed by atoms with Gasteiger partial charge in [-0.25, -0.2) is 14.6 Å². The van der Waals surface area contributed by atoms with Gasteiger partial charge < -0.3 is 19.7 Å². The molecule has 0 radical (unpaired) electrons. The molecule has 42 heavy (non-hydrogen) atoms. The highest BCUT2D eigenvalue weighted by Crippen LogP contribution is 2.29. The predicted octanol–water partition coefficient (Wildman–Crippen LogP) is 3.51. The molecule has 2 fully saturated rings. The standard InChI is InChI=1S/C30H34N10O2/c1-22(20-40-21-34-36-37-40)42-29-16-23(2-3-24(29)17-31)25-18-32-30(33-19-25)35-26-4-6-27(7-5-26)38-10-8-28(9-11-38)39-12-14-41-15-13-39/h2-7,16,18-19,21-22,28H,8-15,20H2,1H3,(H,32,33,35)/t22-/m0/s1. The molecule has 12 nitrogen and oxygen atoms in total. The third-order valence-corrected chi connectivity index (χ3v) is 7.77. The van der Waals surface area contributed by atoms with Gasteiger partial charge in [0.2, 0.25) is 5.95 Å². The Hall–Kier alpha value is -4.60. The third kappa shape index (κ3) is 6.64. The molecule has 4 aromatic rings. The summed E-state index contributed by atoms with van der Waals surface area (Å²) in [7, 11) is 0. The van der Waals surface area contributed by atoms with E-state index in [9.17, 15) is 5.26 Å². The average Bonchev–Trinajstić information content (AvgIpc) is 3.55. The van der Waals surface area contributed by atoms with E-state index < -0.39 is 0 Å². The number of aromatic nitrogens is 6. The lowest BCUT2D eigenvalue weighted by Crippen LogP contribution is -2.49. The molecule has 0 aliphatic carbocycles. The first-order valence-electron chi connectivity index (χ1n) is 14.3. The van der Waals surface area contributed by atoms with Gasteiger partial charge in [0.15, 0.2) is 0 Å². The average molecular weight is 567 g/mol. The predicted molar refractivity (Wildman–Crippen MR) is 157 cm³/mol. The molecular formula is C30H34N10O2. The third-order valence-electron chi connectivity index (χ3n) is 7.77. The Morgan fingerprint density at radius 2 is 1.79 bits per heavy atom. The Kier molecular flexibility index (Phi) is 8.48. The quantitative estimate of drug-likeness (QED) is 0.319. The minimum absolute atomic E-state index is 0.244. The van der Waals surface area contributed by atoms with Crippen molar-refractivity contribution in [3.05, 3.63) is 66.7 Å². The molecule has 0 amide bonds. The maximum Gasteiger partial charge on any atom is 0.227 e. The zero-order valence-electron chi connectivity index (χ0n) is 23.6. The van der Waals surface area contributed by atoms with Crippen molar-refractivity contribution in [3.8, 4) is 22.9 Å². The zero-order valence-corrected chi connectivity index (χ0v) is 23.6. The monoisotopic (exact) mass is 566 g/mol. The van der Waals surface area contributed by atoms with E-state index in [0.717, 1.165) is 56.2 Å². The second-order valence-corrected chi connectivity index (χ2v) is 10.6. The van der Waals surface area contributed by atoms with Crippen LogP contribution < -0.4 is 15.0 Å². The van der Waals surface area contributed by atoms with E-state index in [-0.39, 0.29) is 6.10 Å². The fourth-order valence-corrected chi connectivity index (χ4v) is 5.53. The lowest BCUT2D eigenvalue weighted by Gasteiger charge is -2.40. The lowest BCUT2D eigenvalue weighted by molar-refractivity contribution is 0.0115. The molecule has 2 aliphatic heterocycles. The summed E-state index contributed by atoms with van der Waals surface area (Å²) in [6.07, 6.45) is 7.18. The molecule has 216 valence electrons. The number of ether oxygens (including phenoxy) is 2. The summed E-state index contributed by atoms with van der Waals surface area (Å²) >= 11 is 0. The van der Waals surface area contributed by atoms with Gasteiger partial charge in [-0.05, 0) is 72.2 Å². The summed E-state index contributed by atoms with van der Waals surface area (Å²) in [5.41, 5.74) is 4.29. The summed E-state index contributed by atoms with van der Waals surface area (Å²) in [5.74, 6) is 1.00. The van der Waals surface area contributed by atoms with E-state index in [0.29, 0.717) is 29.8 Å². The van der Waals surface area contributed by atoms with Crippen LogP contribution >= 0.6 is 0 Å². The van der Waals surface area contributed by atoms with Crippen molar-refractivity contribution in [2.45, 2.75) is 38.5 Å². The molecule has 4 heterocycles. The number of piperidine rings is 1. The van der Waals surface area contributed by atoms with Gasteiger partial charge in [-0.15, -0.1) is 5.10 Å². The van der Waals surface area contributed by atoms with Gasteiger partial charge in [0.05, 0.1) is 25.3 Å². The molecule has 0 spiro atoms. The Labute approximate surface area is 244 Å². The van der Waals surface area contributed by atoms with Crippen LogP contribution in [0.2, 0.25) is 0 Å². The van der Waals surface area contributed by atoms with E-state index in [4.69, 9.17) is 9.47 Å². The van der Waals surface area contributed by atoms with Gasteiger partial charge in [-0.3, -0.25) is 4.90 Å². The first kappa shape index (κ1) is 27.6. The fourth-order valence-electron chi connectivity index (χ4n) is 5.53. The molecule has 2 aromatic carbocycles. The van der Waals surface area contributed by atoms with Gasteiger partial charge in [0.1, 0.15) is 24.3 Å². The van der Waals surface area contributed by atoms with Crippen LogP contribution in [0.1, 0.15) is 25.3 Å². The van der Waals surface area contributed by atoms with Gasteiger partial charge >= 0.3 is 0 Å². The summed E-state index contributed by atoms with van der Waals surface area (Å²) < 4.78 is 13.2. The van der Waals surface area contributed by atoms with Crippen molar-refractivity contribution in [1.29, 1.82) is 5.26 Å². The first-order chi connectivity index (χ1) is 20.6. The topological polar surface area (TPSA) is 130 Å². The van der Waals surface area contributed by atoms with Crippen LogP contribution in [0.5, 0.6) is 5.75 Å². The highest BCUT2D eigenvalue weighted by atomic mass is 16.5. The van der Waals surface area contributed by atoms with E-state index in [1.165, 1.54) is 24.9 Å². The molecule has 0 saturated carbocycles. The second kappa shape index (κ2) is 12.9. The van der Waals surface area contributed by atoms with Crippen LogP contribution in [-0.4, -0.2) is 86.6 Å². The van der Waals surface area contributed by atoms with Crippen molar-refractivity contribution in [1.82, 2.24) is 35.1 Å². The maximum absolute atomic E-state index is 9.57. The number of benzene rings is 2.